The van der Waals surface area contributed by atoms with E-state index in [-0.39, 0.29) is 0 Å². The molecule has 0 radical (unpaired) electrons. The van der Waals surface area contributed by atoms with E-state index in [2.05, 4.69) is 4.74 Å². The van der Waals surface area contributed by atoms with Gasteiger partial charge in [-0.3, -0.25) is 14.3 Å². The fraction of sp³-hybridized carbons (Fsp3) is 0.556. The summed E-state index contributed by atoms with van der Waals surface area (Å²) in [6.45, 7) is -0.321. The highest BCUT2D eigenvalue weighted by atomic mass is 19.3. The van der Waals surface area contributed by atoms with Crippen LogP contribution in [0.2, 0.25) is 0 Å². The maximum atomic E-state index is 12.6. The lowest BCUT2D eigenvalue weighted by atomic mass is 10.4. The van der Waals surface area contributed by atoms with Gasteiger partial charge in [-0.1, -0.05) is 0 Å². The average molecular weight is 270 g/mol. The van der Waals surface area contributed by atoms with Crippen molar-refractivity contribution in [3.05, 3.63) is 33.1 Å². The summed E-state index contributed by atoms with van der Waals surface area (Å²) in [4.78, 5) is 23.9. The van der Waals surface area contributed by atoms with Crippen molar-refractivity contribution in [2.24, 2.45) is 0 Å². The molecule has 0 saturated carbocycles. The minimum Gasteiger partial charge on any atom is -0.352 e. The van der Waals surface area contributed by atoms with Crippen molar-refractivity contribution in [2.45, 2.75) is 25.5 Å². The second kappa shape index (κ2) is 5.34. The van der Waals surface area contributed by atoms with Crippen molar-refractivity contribution in [1.29, 1.82) is 0 Å². The highest BCUT2D eigenvalue weighted by molar-refractivity contribution is 4.83. The monoisotopic (exact) mass is 270 g/mol. The molecule has 0 fully saturated rings. The third kappa shape index (κ3) is 3.42. The Labute approximate surface area is 98.0 Å². The first-order valence-corrected chi connectivity index (χ1v) is 4.83. The normalized spacial score (nSPS) is 13.9. The SMILES string of the molecule is CC(OCC(F)(F)C(F)F)n1ccc(=O)[nH]c1=O. The van der Waals surface area contributed by atoms with Crippen molar-refractivity contribution in [3.8, 4) is 0 Å². The van der Waals surface area contributed by atoms with Crippen LogP contribution in [0.3, 0.4) is 0 Å². The first kappa shape index (κ1) is 14.4. The van der Waals surface area contributed by atoms with E-state index >= 15 is 0 Å². The number of halogens is 4. The second-order valence-electron chi connectivity index (χ2n) is 3.49. The zero-order valence-electron chi connectivity index (χ0n) is 9.20. The number of hydrogen-bond acceptors (Lipinski definition) is 3. The van der Waals surface area contributed by atoms with Gasteiger partial charge in [0.25, 0.3) is 5.56 Å². The summed E-state index contributed by atoms with van der Waals surface area (Å²) in [5, 5.41) is 0. The van der Waals surface area contributed by atoms with Crippen LogP contribution in [-0.2, 0) is 4.74 Å². The van der Waals surface area contributed by atoms with Gasteiger partial charge in [0.05, 0.1) is 0 Å². The smallest absolute Gasteiger partial charge is 0.330 e. The van der Waals surface area contributed by atoms with Gasteiger partial charge in [0.2, 0.25) is 0 Å². The topological polar surface area (TPSA) is 64.1 Å². The molecule has 1 unspecified atom stereocenters. The predicted octanol–water partition coefficient (Wildman–Crippen LogP) is 0.972. The third-order valence-corrected chi connectivity index (χ3v) is 2.08. The molecule has 1 aromatic heterocycles. The molecule has 0 aliphatic rings. The number of nitrogens with one attached hydrogen (secondary N) is 1. The predicted molar refractivity (Wildman–Crippen MR) is 52.9 cm³/mol. The van der Waals surface area contributed by atoms with Crippen molar-refractivity contribution in [1.82, 2.24) is 9.55 Å². The second-order valence-corrected chi connectivity index (χ2v) is 3.49. The van der Waals surface area contributed by atoms with Gasteiger partial charge < -0.3 is 4.74 Å². The van der Waals surface area contributed by atoms with Gasteiger partial charge in [-0.15, -0.1) is 0 Å². The van der Waals surface area contributed by atoms with Gasteiger partial charge in [0.1, 0.15) is 12.8 Å². The maximum Gasteiger partial charge on any atom is 0.330 e. The molecule has 0 saturated heterocycles. The molecule has 1 rings (SSSR count). The molecule has 0 bridgehead atoms. The Morgan fingerprint density at radius 2 is 2.06 bits per heavy atom. The van der Waals surface area contributed by atoms with Crippen LogP contribution >= 0.6 is 0 Å². The molecule has 9 heteroatoms. The highest BCUT2D eigenvalue weighted by Crippen LogP contribution is 2.24. The molecular formula is C9H10F4N2O3. The van der Waals surface area contributed by atoms with Crippen LogP contribution in [0.25, 0.3) is 0 Å². The lowest BCUT2D eigenvalue weighted by Gasteiger charge is -2.20. The summed E-state index contributed by atoms with van der Waals surface area (Å²) in [5.41, 5.74) is -1.54. The Hall–Kier alpha value is -1.64. The summed E-state index contributed by atoms with van der Waals surface area (Å²) in [7, 11) is 0. The summed E-state index contributed by atoms with van der Waals surface area (Å²) >= 11 is 0. The molecule has 0 aliphatic carbocycles. The van der Waals surface area contributed by atoms with Crippen LogP contribution in [0.5, 0.6) is 0 Å². The Morgan fingerprint density at radius 1 is 1.44 bits per heavy atom. The number of hydrogen-bond donors (Lipinski definition) is 1. The first-order valence-electron chi connectivity index (χ1n) is 4.83. The van der Waals surface area contributed by atoms with Crippen LogP contribution in [0.4, 0.5) is 17.6 Å². The van der Waals surface area contributed by atoms with E-state index in [4.69, 9.17) is 0 Å². The minimum absolute atomic E-state index is 0.665. The standard InChI is InChI=1S/C9H10F4N2O3/c1-5(18-4-9(12,13)7(10)11)15-3-2-6(16)14-8(15)17/h2-3,5,7H,4H2,1H3,(H,14,16,17). The quantitative estimate of drug-likeness (QED) is 0.811. The van der Waals surface area contributed by atoms with Crippen LogP contribution in [0.1, 0.15) is 13.2 Å². The van der Waals surface area contributed by atoms with E-state index < -0.39 is 36.4 Å². The van der Waals surface area contributed by atoms with Gasteiger partial charge in [0, 0.05) is 12.3 Å². The molecule has 102 valence electrons. The van der Waals surface area contributed by atoms with Gasteiger partial charge in [0.15, 0.2) is 0 Å². The van der Waals surface area contributed by atoms with Crippen LogP contribution in [0, 0.1) is 0 Å². The molecule has 0 spiro atoms. The molecular weight excluding hydrogens is 260 g/mol. The lowest BCUT2D eigenvalue weighted by Crippen LogP contribution is -2.36. The van der Waals surface area contributed by atoms with Gasteiger partial charge in [-0.05, 0) is 6.92 Å². The highest BCUT2D eigenvalue weighted by Gasteiger charge is 2.41. The molecule has 5 nitrogen and oxygen atoms in total. The van der Waals surface area contributed by atoms with Crippen molar-refractivity contribution < 1.29 is 22.3 Å². The Bertz CT molecular complexity index is 511. The molecule has 0 aromatic carbocycles. The third-order valence-electron chi connectivity index (χ3n) is 2.08. The summed E-state index contributed by atoms with van der Waals surface area (Å²) in [6.07, 6.45) is -4.04. The number of aromatic amines is 1. The Balaban J connectivity index is 2.75. The minimum atomic E-state index is -4.29. The fourth-order valence-corrected chi connectivity index (χ4v) is 1.09. The Morgan fingerprint density at radius 3 is 2.56 bits per heavy atom. The molecule has 1 aromatic rings. The van der Waals surface area contributed by atoms with Gasteiger partial charge in [-0.2, -0.15) is 8.78 Å². The molecule has 1 N–H and O–H groups in total. The summed E-state index contributed by atoms with van der Waals surface area (Å²) in [5.74, 6) is -4.29. The van der Waals surface area contributed by atoms with E-state index in [1.54, 1.807) is 0 Å². The van der Waals surface area contributed by atoms with Crippen LogP contribution in [0.15, 0.2) is 21.9 Å². The van der Waals surface area contributed by atoms with E-state index in [0.29, 0.717) is 0 Å². The Kier molecular flexibility index (Phi) is 4.28. The molecule has 18 heavy (non-hydrogen) atoms. The fourth-order valence-electron chi connectivity index (χ4n) is 1.09. The van der Waals surface area contributed by atoms with E-state index in [1.807, 2.05) is 4.98 Å². The van der Waals surface area contributed by atoms with Crippen molar-refractivity contribution >= 4 is 0 Å². The number of ether oxygens (including phenoxy) is 1. The molecule has 0 aliphatic heterocycles. The first-order chi connectivity index (χ1) is 8.24. The van der Waals surface area contributed by atoms with Crippen LogP contribution in [-0.4, -0.2) is 28.5 Å². The zero-order chi connectivity index (χ0) is 13.9. The largest absolute Gasteiger partial charge is 0.352 e. The number of rotatable bonds is 5. The van der Waals surface area contributed by atoms with Crippen molar-refractivity contribution in [3.63, 3.8) is 0 Å². The van der Waals surface area contributed by atoms with Gasteiger partial charge in [-0.25, -0.2) is 13.6 Å². The number of aromatic nitrogens is 2. The lowest BCUT2D eigenvalue weighted by molar-refractivity contribution is -0.182. The van der Waals surface area contributed by atoms with Gasteiger partial charge >= 0.3 is 18.0 Å². The maximum absolute atomic E-state index is 12.6. The summed E-state index contributed by atoms with van der Waals surface area (Å²) < 4.78 is 54.1. The average Bonchev–Trinajstić information content (AvgIpc) is 2.25. The number of alkyl halides is 4. The number of H-pyrrole nitrogens is 1. The van der Waals surface area contributed by atoms with E-state index in [1.165, 1.54) is 6.92 Å². The van der Waals surface area contributed by atoms with Crippen LogP contribution < -0.4 is 11.2 Å². The zero-order valence-corrected chi connectivity index (χ0v) is 9.20. The summed E-state index contributed by atoms with van der Waals surface area (Å²) in [6, 6.07) is 0.979. The van der Waals surface area contributed by atoms with E-state index in [0.717, 1.165) is 16.8 Å². The van der Waals surface area contributed by atoms with Crippen molar-refractivity contribution in [2.75, 3.05) is 6.61 Å². The molecule has 1 heterocycles. The number of nitrogens with zero attached hydrogens (tertiary/aromatic N) is 1. The molecule has 1 atom stereocenters. The van der Waals surface area contributed by atoms with E-state index in [9.17, 15) is 27.2 Å². The molecule has 0 amide bonds.